The number of fused-ring (bicyclic) bond motifs is 1. The van der Waals surface area contributed by atoms with Crippen molar-refractivity contribution < 1.29 is 14.3 Å². The van der Waals surface area contributed by atoms with Gasteiger partial charge in [0.25, 0.3) is 11.8 Å². The molecule has 8 heteroatoms. The third kappa shape index (κ3) is 4.34. The second-order valence-electron chi connectivity index (χ2n) is 6.30. The predicted molar refractivity (Wildman–Crippen MR) is 113 cm³/mol. The van der Waals surface area contributed by atoms with E-state index >= 15 is 0 Å². The van der Waals surface area contributed by atoms with Gasteiger partial charge < -0.3 is 4.74 Å². The number of thioether (sulfide) groups is 2. The van der Waals surface area contributed by atoms with Crippen molar-refractivity contribution in [3.63, 3.8) is 0 Å². The summed E-state index contributed by atoms with van der Waals surface area (Å²) in [5.41, 5.74) is 7.42. The Bertz CT molecular complexity index is 907. The molecule has 0 aromatic heterocycles. The zero-order valence-electron chi connectivity index (χ0n) is 15.0. The highest BCUT2D eigenvalue weighted by Gasteiger charge is 2.29. The van der Waals surface area contributed by atoms with Crippen LogP contribution in [0.2, 0.25) is 0 Å². The van der Waals surface area contributed by atoms with E-state index in [9.17, 15) is 9.59 Å². The van der Waals surface area contributed by atoms with Crippen LogP contribution in [0.15, 0.2) is 53.5 Å². The molecular formula is C20H19N3O3S2. The molecule has 2 aromatic carbocycles. The molecule has 0 saturated carbocycles. The zero-order chi connectivity index (χ0) is 19.3. The smallest absolute Gasteiger partial charge is 0.279 e. The maximum absolute atomic E-state index is 12.6. The van der Waals surface area contributed by atoms with Gasteiger partial charge in [-0.1, -0.05) is 59.9 Å². The second kappa shape index (κ2) is 8.70. The number of carbonyl (C=O) groups is 2. The van der Waals surface area contributed by atoms with Crippen LogP contribution >= 0.6 is 23.5 Å². The number of carbonyl (C=O) groups excluding carboxylic acids is 2. The first-order valence-electron chi connectivity index (χ1n) is 8.93. The van der Waals surface area contributed by atoms with Gasteiger partial charge in [-0.3, -0.25) is 25.4 Å². The van der Waals surface area contributed by atoms with E-state index in [0.717, 1.165) is 27.8 Å². The van der Waals surface area contributed by atoms with Crippen molar-refractivity contribution in [2.75, 3.05) is 12.3 Å². The maximum atomic E-state index is 12.6. The number of benzene rings is 2. The fourth-order valence-corrected chi connectivity index (χ4v) is 5.02. The number of hydrazine groups is 1. The number of hydrogen-bond donors (Lipinski definition) is 2. The van der Waals surface area contributed by atoms with Crippen LogP contribution < -0.4 is 15.6 Å². The number of rotatable bonds is 4. The maximum Gasteiger partial charge on any atom is 0.279 e. The van der Waals surface area contributed by atoms with E-state index in [-0.39, 0.29) is 11.8 Å². The highest BCUT2D eigenvalue weighted by atomic mass is 32.2. The van der Waals surface area contributed by atoms with E-state index in [4.69, 9.17) is 4.74 Å². The third-order valence-electron chi connectivity index (χ3n) is 4.41. The lowest BCUT2D eigenvalue weighted by molar-refractivity contribution is -0.128. The largest absolute Gasteiger partial charge is 0.480 e. The molecule has 2 heterocycles. The molecule has 2 N–H and O–H groups in total. The van der Waals surface area contributed by atoms with Crippen LogP contribution in [0.1, 0.15) is 21.5 Å². The minimum absolute atomic E-state index is 0.346. The number of para-hydroxylation sites is 1. The van der Waals surface area contributed by atoms with Crippen LogP contribution in [0.5, 0.6) is 5.75 Å². The van der Waals surface area contributed by atoms with Gasteiger partial charge in [0, 0.05) is 23.5 Å². The average molecular weight is 414 g/mol. The minimum Gasteiger partial charge on any atom is -0.480 e. The molecule has 6 nitrogen and oxygen atoms in total. The quantitative estimate of drug-likeness (QED) is 0.754. The Kier molecular flexibility index (Phi) is 5.87. The second-order valence-corrected chi connectivity index (χ2v) is 8.61. The average Bonchev–Trinajstić information content (AvgIpc) is 3.40. The fraction of sp³-hybridized carbons (Fsp3) is 0.250. The SMILES string of the molecule is O=C(NNC(=O)C1Cc2ccccc2O1)c1ccccc1CSC1=NCCS1. The molecule has 1 atom stereocenters. The molecule has 1 unspecified atom stereocenters. The minimum atomic E-state index is -0.638. The fourth-order valence-electron chi connectivity index (χ4n) is 3.00. The predicted octanol–water partition coefficient (Wildman–Crippen LogP) is 2.79. The van der Waals surface area contributed by atoms with E-state index < -0.39 is 6.10 Å². The Morgan fingerprint density at radius 3 is 2.79 bits per heavy atom. The van der Waals surface area contributed by atoms with Crippen LogP contribution in [0.3, 0.4) is 0 Å². The van der Waals surface area contributed by atoms with Gasteiger partial charge in [-0.05, 0) is 23.3 Å². The van der Waals surface area contributed by atoms with E-state index in [1.807, 2.05) is 42.5 Å². The van der Waals surface area contributed by atoms with Crippen LogP contribution in [0.4, 0.5) is 0 Å². The number of nitrogens with one attached hydrogen (secondary N) is 2. The van der Waals surface area contributed by atoms with Gasteiger partial charge >= 0.3 is 0 Å². The molecule has 2 aliphatic rings. The van der Waals surface area contributed by atoms with Crippen LogP contribution in [0, 0.1) is 0 Å². The molecule has 0 fully saturated rings. The van der Waals surface area contributed by atoms with Gasteiger partial charge in [-0.25, -0.2) is 0 Å². The normalized spacial score (nSPS) is 17.4. The molecule has 144 valence electrons. The van der Waals surface area contributed by atoms with E-state index in [1.165, 1.54) is 0 Å². The van der Waals surface area contributed by atoms with E-state index in [0.29, 0.717) is 23.5 Å². The van der Waals surface area contributed by atoms with Crippen molar-refractivity contribution in [2.24, 2.45) is 4.99 Å². The standard InChI is InChI=1S/C20H19N3O3S2/c24-18(15-7-3-1-6-14(15)12-28-20-21-9-10-27-20)22-23-19(25)17-11-13-5-2-4-8-16(13)26-17/h1-8,17H,9-12H2,(H,22,24)(H,23,25). The Labute approximate surface area is 171 Å². The summed E-state index contributed by atoms with van der Waals surface area (Å²) in [4.78, 5) is 29.4. The summed E-state index contributed by atoms with van der Waals surface area (Å²) in [6, 6.07) is 14.9. The summed E-state index contributed by atoms with van der Waals surface area (Å²) in [7, 11) is 0. The summed E-state index contributed by atoms with van der Waals surface area (Å²) < 4.78 is 6.70. The lowest BCUT2D eigenvalue weighted by Crippen LogP contribution is -2.47. The third-order valence-corrected chi connectivity index (χ3v) is 6.71. The summed E-state index contributed by atoms with van der Waals surface area (Å²) in [6.45, 7) is 0.855. The molecule has 0 bridgehead atoms. The first kappa shape index (κ1) is 18.9. The van der Waals surface area contributed by atoms with Crippen LogP contribution in [-0.2, 0) is 17.0 Å². The summed E-state index contributed by atoms with van der Waals surface area (Å²) >= 11 is 3.37. The molecule has 0 aliphatic carbocycles. The molecule has 0 saturated heterocycles. The summed E-state index contributed by atoms with van der Waals surface area (Å²) in [6.07, 6.45) is -0.147. The van der Waals surface area contributed by atoms with Gasteiger partial charge in [0.2, 0.25) is 0 Å². The van der Waals surface area contributed by atoms with Crippen molar-refractivity contribution in [1.29, 1.82) is 0 Å². The summed E-state index contributed by atoms with van der Waals surface area (Å²) in [5.74, 6) is 1.67. The Hall–Kier alpha value is -2.45. The molecular weight excluding hydrogens is 394 g/mol. The molecule has 2 aromatic rings. The molecule has 2 amide bonds. The van der Waals surface area contributed by atoms with Gasteiger partial charge in [0.1, 0.15) is 10.1 Å². The van der Waals surface area contributed by atoms with Crippen LogP contribution in [-0.4, -0.2) is 34.6 Å². The van der Waals surface area contributed by atoms with Gasteiger partial charge in [-0.2, -0.15) is 0 Å². The number of aliphatic imine (C=N–C) groups is 1. The van der Waals surface area contributed by atoms with Crippen molar-refractivity contribution in [3.8, 4) is 5.75 Å². The zero-order valence-corrected chi connectivity index (χ0v) is 16.6. The van der Waals surface area contributed by atoms with Crippen LogP contribution in [0.25, 0.3) is 0 Å². The van der Waals surface area contributed by atoms with Gasteiger partial charge in [-0.15, -0.1) is 0 Å². The van der Waals surface area contributed by atoms with E-state index in [2.05, 4.69) is 15.8 Å². The Balaban J connectivity index is 1.33. The first-order chi connectivity index (χ1) is 13.7. The van der Waals surface area contributed by atoms with Crippen molar-refractivity contribution in [2.45, 2.75) is 18.3 Å². The molecule has 2 aliphatic heterocycles. The van der Waals surface area contributed by atoms with Crippen molar-refractivity contribution >= 4 is 39.7 Å². The topological polar surface area (TPSA) is 79.8 Å². The molecule has 0 radical (unpaired) electrons. The highest BCUT2D eigenvalue weighted by molar-refractivity contribution is 8.38. The Morgan fingerprint density at radius 1 is 1.14 bits per heavy atom. The number of amides is 2. The van der Waals surface area contributed by atoms with E-state index in [1.54, 1.807) is 29.6 Å². The van der Waals surface area contributed by atoms with Crippen molar-refractivity contribution in [1.82, 2.24) is 10.9 Å². The Morgan fingerprint density at radius 2 is 1.96 bits per heavy atom. The van der Waals surface area contributed by atoms with Gasteiger partial charge in [0.15, 0.2) is 6.10 Å². The molecule has 28 heavy (non-hydrogen) atoms. The first-order valence-corrected chi connectivity index (χ1v) is 10.9. The highest BCUT2D eigenvalue weighted by Crippen LogP contribution is 2.28. The van der Waals surface area contributed by atoms with Crippen molar-refractivity contribution in [3.05, 3.63) is 65.2 Å². The lowest BCUT2D eigenvalue weighted by atomic mass is 10.1. The number of hydrogen-bond acceptors (Lipinski definition) is 6. The molecule has 0 spiro atoms. The monoisotopic (exact) mass is 413 g/mol. The lowest BCUT2D eigenvalue weighted by Gasteiger charge is -2.13. The number of ether oxygens (including phenoxy) is 1. The summed E-state index contributed by atoms with van der Waals surface area (Å²) in [5, 5.41) is 0. The molecule has 4 rings (SSSR count). The number of nitrogens with zero attached hydrogens (tertiary/aromatic N) is 1. The van der Waals surface area contributed by atoms with Gasteiger partial charge in [0.05, 0.1) is 6.54 Å².